The zero-order valence-corrected chi connectivity index (χ0v) is 11.3. The first-order valence-electron chi connectivity index (χ1n) is 5.66. The predicted octanol–water partition coefficient (Wildman–Crippen LogP) is 4.50. The van der Waals surface area contributed by atoms with Gasteiger partial charge in [0.2, 0.25) is 0 Å². The molecule has 0 heterocycles. The molecular weight excluding hydrogens is 265 g/mol. The molecule has 0 aliphatic carbocycles. The van der Waals surface area contributed by atoms with Crippen LogP contribution in [-0.2, 0) is 0 Å². The lowest BCUT2D eigenvalue weighted by Crippen LogP contribution is -1.90. The molecule has 0 radical (unpaired) electrons. The van der Waals surface area contributed by atoms with Gasteiger partial charge in [-0.05, 0) is 43.2 Å². The van der Waals surface area contributed by atoms with Crippen molar-refractivity contribution < 1.29 is 9.31 Å². The molecule has 0 spiro atoms. The third-order valence-corrected chi connectivity index (χ3v) is 3.74. The van der Waals surface area contributed by atoms with Crippen molar-refractivity contribution in [3.05, 3.63) is 63.5 Å². The Morgan fingerprint density at radius 3 is 2.42 bits per heavy atom. The summed E-state index contributed by atoms with van der Waals surface area (Å²) >= 11 is 1.31. The van der Waals surface area contributed by atoms with Crippen molar-refractivity contribution in [3.63, 3.8) is 0 Å². The molecule has 0 aliphatic heterocycles. The van der Waals surface area contributed by atoms with Gasteiger partial charge in [0.1, 0.15) is 5.82 Å². The first kappa shape index (κ1) is 13.5. The van der Waals surface area contributed by atoms with Gasteiger partial charge in [0.05, 0.1) is 11.0 Å². The Bertz CT molecular complexity index is 643. The number of halogens is 1. The molecule has 0 atom stereocenters. The summed E-state index contributed by atoms with van der Waals surface area (Å²) in [4.78, 5) is 11.6. The Morgan fingerprint density at radius 1 is 1.05 bits per heavy atom. The average Bonchev–Trinajstić information content (AvgIpc) is 2.33. The Labute approximate surface area is 114 Å². The van der Waals surface area contributed by atoms with Crippen LogP contribution in [0.25, 0.3) is 0 Å². The highest BCUT2D eigenvalue weighted by Gasteiger charge is 2.10. The van der Waals surface area contributed by atoms with E-state index in [-0.39, 0.29) is 5.69 Å². The summed E-state index contributed by atoms with van der Waals surface area (Å²) in [5.41, 5.74) is 2.08. The van der Waals surface area contributed by atoms with Crippen molar-refractivity contribution in [1.29, 1.82) is 0 Å². The van der Waals surface area contributed by atoms with Crippen LogP contribution < -0.4 is 0 Å². The van der Waals surface area contributed by atoms with Gasteiger partial charge in [-0.3, -0.25) is 10.1 Å². The molecule has 5 heteroatoms. The summed E-state index contributed by atoms with van der Waals surface area (Å²) in [6, 6.07) is 9.48. The second-order valence-corrected chi connectivity index (χ2v) is 5.40. The molecule has 19 heavy (non-hydrogen) atoms. The van der Waals surface area contributed by atoms with E-state index in [9.17, 15) is 14.5 Å². The predicted molar refractivity (Wildman–Crippen MR) is 73.1 cm³/mol. The Balaban J connectivity index is 2.32. The molecule has 2 aromatic rings. The standard InChI is InChI=1S/C14H12FNO2S/c1-9-3-4-13(5-10(9)2)19-14-7-11(15)6-12(8-14)16(17)18/h3-8H,1-2H3. The fraction of sp³-hybridized carbons (Fsp3) is 0.143. The lowest BCUT2D eigenvalue weighted by molar-refractivity contribution is -0.385. The minimum Gasteiger partial charge on any atom is -0.258 e. The summed E-state index contributed by atoms with van der Waals surface area (Å²) in [5, 5.41) is 10.7. The number of nitro groups is 1. The third-order valence-electron chi connectivity index (χ3n) is 2.78. The molecule has 0 N–H and O–H groups in total. The molecule has 0 aromatic heterocycles. The molecule has 0 bridgehead atoms. The van der Waals surface area contributed by atoms with Crippen molar-refractivity contribution in [2.75, 3.05) is 0 Å². The lowest BCUT2D eigenvalue weighted by atomic mass is 10.1. The number of hydrogen-bond donors (Lipinski definition) is 0. The second-order valence-electron chi connectivity index (χ2n) is 4.25. The zero-order chi connectivity index (χ0) is 14.0. The summed E-state index contributed by atoms with van der Waals surface area (Å²) in [6.07, 6.45) is 0. The average molecular weight is 277 g/mol. The number of non-ortho nitro benzene ring substituents is 1. The highest BCUT2D eigenvalue weighted by Crippen LogP contribution is 2.31. The van der Waals surface area contributed by atoms with Crippen LogP contribution in [0.2, 0.25) is 0 Å². The number of nitro benzene ring substituents is 1. The van der Waals surface area contributed by atoms with Gasteiger partial charge in [-0.1, -0.05) is 17.8 Å². The van der Waals surface area contributed by atoms with Gasteiger partial charge in [-0.15, -0.1) is 0 Å². The molecule has 3 nitrogen and oxygen atoms in total. The van der Waals surface area contributed by atoms with Gasteiger partial charge in [-0.2, -0.15) is 0 Å². The molecular formula is C14H12FNO2S. The first-order valence-corrected chi connectivity index (χ1v) is 6.47. The molecule has 0 unspecified atom stereocenters. The Kier molecular flexibility index (Phi) is 3.85. The molecule has 0 saturated carbocycles. The maximum Gasteiger partial charge on any atom is 0.273 e. The molecule has 0 amide bonds. The number of rotatable bonds is 3. The van der Waals surface area contributed by atoms with Gasteiger partial charge in [0.15, 0.2) is 0 Å². The summed E-state index contributed by atoms with van der Waals surface area (Å²) < 4.78 is 13.3. The van der Waals surface area contributed by atoms with Crippen molar-refractivity contribution in [3.8, 4) is 0 Å². The van der Waals surface area contributed by atoms with Crippen LogP contribution in [0.15, 0.2) is 46.2 Å². The number of benzene rings is 2. The Hall–Kier alpha value is -1.88. The Morgan fingerprint density at radius 2 is 1.79 bits per heavy atom. The van der Waals surface area contributed by atoms with E-state index in [4.69, 9.17) is 0 Å². The van der Waals surface area contributed by atoms with Gasteiger partial charge in [0.25, 0.3) is 5.69 Å². The quantitative estimate of drug-likeness (QED) is 0.612. The first-order chi connectivity index (χ1) is 8.95. The van der Waals surface area contributed by atoms with Crippen molar-refractivity contribution >= 4 is 17.4 Å². The van der Waals surface area contributed by atoms with Gasteiger partial charge in [0, 0.05) is 15.9 Å². The van der Waals surface area contributed by atoms with Crippen LogP contribution in [0.5, 0.6) is 0 Å². The van der Waals surface area contributed by atoms with Crippen LogP contribution >= 0.6 is 11.8 Å². The topological polar surface area (TPSA) is 43.1 Å². The number of hydrogen-bond acceptors (Lipinski definition) is 3. The number of nitrogens with zero attached hydrogens (tertiary/aromatic N) is 1. The molecule has 2 aromatic carbocycles. The van der Waals surface area contributed by atoms with Gasteiger partial charge < -0.3 is 0 Å². The lowest BCUT2D eigenvalue weighted by Gasteiger charge is -2.05. The monoisotopic (exact) mass is 277 g/mol. The molecule has 98 valence electrons. The highest BCUT2D eigenvalue weighted by atomic mass is 32.2. The zero-order valence-electron chi connectivity index (χ0n) is 10.5. The fourth-order valence-corrected chi connectivity index (χ4v) is 2.62. The van der Waals surface area contributed by atoms with E-state index < -0.39 is 10.7 Å². The van der Waals surface area contributed by atoms with Crippen molar-refractivity contribution in [2.24, 2.45) is 0 Å². The van der Waals surface area contributed by atoms with Crippen LogP contribution in [0, 0.1) is 29.8 Å². The molecule has 0 saturated heterocycles. The van der Waals surface area contributed by atoms with E-state index >= 15 is 0 Å². The smallest absolute Gasteiger partial charge is 0.258 e. The number of aryl methyl sites for hydroxylation is 2. The summed E-state index contributed by atoms with van der Waals surface area (Å²) in [6.45, 7) is 4.00. The van der Waals surface area contributed by atoms with E-state index in [1.807, 2.05) is 32.0 Å². The van der Waals surface area contributed by atoms with E-state index in [0.717, 1.165) is 16.5 Å². The van der Waals surface area contributed by atoms with Crippen LogP contribution in [-0.4, -0.2) is 4.92 Å². The van der Waals surface area contributed by atoms with E-state index in [2.05, 4.69) is 0 Å². The maximum absolute atomic E-state index is 13.3. The van der Waals surface area contributed by atoms with E-state index in [1.54, 1.807) is 0 Å². The SMILES string of the molecule is Cc1ccc(Sc2cc(F)cc([N+](=O)[O-])c2)cc1C. The minimum atomic E-state index is -0.597. The molecule has 0 aliphatic rings. The summed E-state index contributed by atoms with van der Waals surface area (Å²) in [5.74, 6) is -0.597. The highest BCUT2D eigenvalue weighted by molar-refractivity contribution is 7.99. The van der Waals surface area contributed by atoms with Gasteiger partial charge in [-0.25, -0.2) is 4.39 Å². The van der Waals surface area contributed by atoms with Crippen LogP contribution in [0.3, 0.4) is 0 Å². The fourth-order valence-electron chi connectivity index (χ4n) is 1.63. The van der Waals surface area contributed by atoms with Crippen LogP contribution in [0.4, 0.5) is 10.1 Å². The molecule has 2 rings (SSSR count). The third kappa shape index (κ3) is 3.32. The van der Waals surface area contributed by atoms with E-state index in [1.165, 1.54) is 29.5 Å². The second kappa shape index (κ2) is 5.40. The normalized spacial score (nSPS) is 10.5. The van der Waals surface area contributed by atoms with E-state index in [0.29, 0.717) is 4.90 Å². The van der Waals surface area contributed by atoms with Crippen molar-refractivity contribution in [2.45, 2.75) is 23.6 Å². The minimum absolute atomic E-state index is 0.230. The molecule has 0 fully saturated rings. The summed E-state index contributed by atoms with van der Waals surface area (Å²) in [7, 11) is 0. The van der Waals surface area contributed by atoms with Crippen molar-refractivity contribution in [1.82, 2.24) is 0 Å². The van der Waals surface area contributed by atoms with Crippen LogP contribution in [0.1, 0.15) is 11.1 Å². The maximum atomic E-state index is 13.3. The largest absolute Gasteiger partial charge is 0.273 e. The van der Waals surface area contributed by atoms with Gasteiger partial charge >= 0.3 is 0 Å².